The first-order valence-electron chi connectivity index (χ1n) is 8.98. The Morgan fingerprint density at radius 2 is 1.71 bits per heavy atom. The van der Waals surface area contributed by atoms with Gasteiger partial charge in [-0.25, -0.2) is 0 Å². The number of benzene rings is 2. The minimum absolute atomic E-state index is 0.0587. The SMILES string of the molecule is O=C(Nc1ccncc1)c1cccc(NC(=O)C2CC2c2ccccc2Cl)c1. The summed E-state index contributed by atoms with van der Waals surface area (Å²) >= 11 is 6.23. The summed E-state index contributed by atoms with van der Waals surface area (Å²) in [6.07, 6.45) is 3.99. The van der Waals surface area contributed by atoms with Gasteiger partial charge in [0, 0.05) is 40.3 Å². The molecule has 2 N–H and O–H groups in total. The highest BCUT2D eigenvalue weighted by Gasteiger charge is 2.44. The molecule has 1 heterocycles. The van der Waals surface area contributed by atoms with Gasteiger partial charge in [0.1, 0.15) is 0 Å². The Balaban J connectivity index is 1.41. The Labute approximate surface area is 167 Å². The second-order valence-corrected chi connectivity index (χ2v) is 7.14. The molecule has 3 aromatic rings. The Bertz CT molecular complexity index is 1020. The second-order valence-electron chi connectivity index (χ2n) is 6.73. The number of anilines is 2. The first kappa shape index (κ1) is 18.2. The molecule has 0 aliphatic heterocycles. The maximum Gasteiger partial charge on any atom is 0.255 e. The number of halogens is 1. The van der Waals surface area contributed by atoms with Gasteiger partial charge in [0.25, 0.3) is 5.91 Å². The van der Waals surface area contributed by atoms with Crippen LogP contribution in [0.25, 0.3) is 0 Å². The summed E-state index contributed by atoms with van der Waals surface area (Å²) < 4.78 is 0. The summed E-state index contributed by atoms with van der Waals surface area (Å²) in [7, 11) is 0. The van der Waals surface area contributed by atoms with E-state index in [4.69, 9.17) is 11.6 Å². The van der Waals surface area contributed by atoms with Crippen molar-refractivity contribution in [3.63, 3.8) is 0 Å². The van der Waals surface area contributed by atoms with Crippen LogP contribution in [0.15, 0.2) is 73.1 Å². The Hall–Kier alpha value is -3.18. The van der Waals surface area contributed by atoms with Crippen LogP contribution in [0.2, 0.25) is 5.02 Å². The molecule has 0 radical (unpaired) electrons. The van der Waals surface area contributed by atoms with Crippen molar-refractivity contribution < 1.29 is 9.59 Å². The molecule has 2 amide bonds. The smallest absolute Gasteiger partial charge is 0.255 e. The normalized spacial score (nSPS) is 17.6. The Morgan fingerprint density at radius 3 is 2.50 bits per heavy atom. The number of nitrogens with one attached hydrogen (secondary N) is 2. The zero-order chi connectivity index (χ0) is 19.5. The van der Waals surface area contributed by atoms with E-state index in [1.165, 1.54) is 0 Å². The summed E-state index contributed by atoms with van der Waals surface area (Å²) in [5, 5.41) is 6.40. The molecule has 2 aromatic carbocycles. The first-order chi connectivity index (χ1) is 13.6. The van der Waals surface area contributed by atoms with E-state index in [-0.39, 0.29) is 23.7 Å². The second kappa shape index (κ2) is 7.82. The molecule has 140 valence electrons. The lowest BCUT2D eigenvalue weighted by molar-refractivity contribution is -0.117. The predicted octanol–water partition coefficient (Wildman–Crippen LogP) is 4.73. The fourth-order valence-electron chi connectivity index (χ4n) is 3.22. The summed E-state index contributed by atoms with van der Waals surface area (Å²) in [5.74, 6) is -0.264. The number of hydrogen-bond acceptors (Lipinski definition) is 3. The third-order valence-corrected chi connectivity index (χ3v) is 5.11. The van der Waals surface area contributed by atoms with Crippen molar-refractivity contribution in [1.82, 2.24) is 4.98 Å². The van der Waals surface area contributed by atoms with Gasteiger partial charge in [0.05, 0.1) is 0 Å². The summed E-state index contributed by atoms with van der Waals surface area (Å²) in [6.45, 7) is 0. The van der Waals surface area contributed by atoms with Crippen molar-refractivity contribution in [3.8, 4) is 0 Å². The summed E-state index contributed by atoms with van der Waals surface area (Å²) in [4.78, 5) is 28.9. The molecular formula is C22H18ClN3O2. The molecule has 1 aromatic heterocycles. The molecular weight excluding hydrogens is 374 g/mol. The maximum absolute atomic E-state index is 12.6. The van der Waals surface area contributed by atoms with Crippen molar-refractivity contribution in [2.24, 2.45) is 5.92 Å². The van der Waals surface area contributed by atoms with E-state index in [1.54, 1.807) is 48.8 Å². The van der Waals surface area contributed by atoms with Crippen molar-refractivity contribution in [2.75, 3.05) is 10.6 Å². The third-order valence-electron chi connectivity index (χ3n) is 4.76. The van der Waals surface area contributed by atoms with Crippen molar-refractivity contribution >= 4 is 34.8 Å². The number of hydrogen-bond donors (Lipinski definition) is 2. The fourth-order valence-corrected chi connectivity index (χ4v) is 3.49. The highest BCUT2D eigenvalue weighted by atomic mass is 35.5. The van der Waals surface area contributed by atoms with E-state index >= 15 is 0 Å². The quantitative estimate of drug-likeness (QED) is 0.660. The van der Waals surface area contributed by atoms with Crippen LogP contribution < -0.4 is 10.6 Å². The average molecular weight is 392 g/mol. The molecule has 28 heavy (non-hydrogen) atoms. The molecule has 1 saturated carbocycles. The Kier molecular flexibility index (Phi) is 5.08. The first-order valence-corrected chi connectivity index (χ1v) is 9.36. The number of amides is 2. The highest BCUT2D eigenvalue weighted by molar-refractivity contribution is 6.31. The van der Waals surface area contributed by atoms with E-state index in [0.29, 0.717) is 22.0 Å². The van der Waals surface area contributed by atoms with Gasteiger partial charge in [-0.3, -0.25) is 14.6 Å². The Morgan fingerprint density at radius 1 is 0.929 bits per heavy atom. The largest absolute Gasteiger partial charge is 0.326 e. The van der Waals surface area contributed by atoms with Crippen LogP contribution in [-0.2, 0) is 4.79 Å². The topological polar surface area (TPSA) is 71.1 Å². The lowest BCUT2D eigenvalue weighted by Gasteiger charge is -2.09. The zero-order valence-corrected chi connectivity index (χ0v) is 15.7. The number of carbonyl (C=O) groups excluding carboxylic acids is 2. The number of carbonyl (C=O) groups is 2. The van der Waals surface area contributed by atoms with Gasteiger partial charge in [-0.1, -0.05) is 35.9 Å². The van der Waals surface area contributed by atoms with Crippen LogP contribution in [0, 0.1) is 5.92 Å². The monoisotopic (exact) mass is 391 g/mol. The van der Waals surface area contributed by atoms with Crippen molar-refractivity contribution in [3.05, 3.63) is 89.2 Å². The zero-order valence-electron chi connectivity index (χ0n) is 14.9. The lowest BCUT2D eigenvalue weighted by Crippen LogP contribution is -2.16. The molecule has 6 heteroatoms. The van der Waals surface area contributed by atoms with Crippen LogP contribution in [0.3, 0.4) is 0 Å². The molecule has 0 bridgehead atoms. The van der Waals surface area contributed by atoms with Gasteiger partial charge in [-0.15, -0.1) is 0 Å². The molecule has 1 aliphatic carbocycles. The van der Waals surface area contributed by atoms with Gasteiger partial charge in [-0.2, -0.15) is 0 Å². The van der Waals surface area contributed by atoms with Gasteiger partial charge in [0.15, 0.2) is 0 Å². The van der Waals surface area contributed by atoms with Crippen molar-refractivity contribution in [2.45, 2.75) is 12.3 Å². The van der Waals surface area contributed by atoms with Crippen LogP contribution >= 0.6 is 11.6 Å². The standard InChI is InChI=1S/C22H18ClN3O2/c23-20-7-2-1-6-17(20)18-13-19(18)22(28)26-16-5-3-4-14(12-16)21(27)25-15-8-10-24-11-9-15/h1-12,18-19H,13H2,(H,26,28)(H,24,25,27). The number of rotatable bonds is 5. The minimum atomic E-state index is -0.248. The summed E-state index contributed by atoms with van der Waals surface area (Å²) in [6, 6.07) is 17.9. The van der Waals surface area contributed by atoms with E-state index in [1.807, 2.05) is 24.3 Å². The van der Waals surface area contributed by atoms with Crippen LogP contribution in [0.5, 0.6) is 0 Å². The van der Waals surface area contributed by atoms with Crippen LogP contribution in [0.1, 0.15) is 28.3 Å². The number of pyridine rings is 1. The molecule has 1 aliphatic rings. The maximum atomic E-state index is 12.6. The number of nitrogens with zero attached hydrogens (tertiary/aromatic N) is 1. The predicted molar refractivity (Wildman–Crippen MR) is 110 cm³/mol. The lowest BCUT2D eigenvalue weighted by atomic mass is 10.1. The molecule has 0 saturated heterocycles. The van der Waals surface area contributed by atoms with Crippen LogP contribution in [0.4, 0.5) is 11.4 Å². The molecule has 2 unspecified atom stereocenters. The molecule has 4 rings (SSSR count). The summed E-state index contributed by atoms with van der Waals surface area (Å²) in [5.41, 5.74) is 2.73. The molecule has 0 spiro atoms. The van der Waals surface area contributed by atoms with Crippen LogP contribution in [-0.4, -0.2) is 16.8 Å². The van der Waals surface area contributed by atoms with Gasteiger partial charge in [-0.05, 0) is 54.3 Å². The van der Waals surface area contributed by atoms with E-state index in [2.05, 4.69) is 15.6 Å². The van der Waals surface area contributed by atoms with E-state index in [0.717, 1.165) is 12.0 Å². The molecule has 5 nitrogen and oxygen atoms in total. The fraction of sp³-hybridized carbons (Fsp3) is 0.136. The van der Waals surface area contributed by atoms with Gasteiger partial charge in [0.2, 0.25) is 5.91 Å². The minimum Gasteiger partial charge on any atom is -0.326 e. The number of aromatic nitrogens is 1. The third kappa shape index (κ3) is 4.05. The van der Waals surface area contributed by atoms with Gasteiger partial charge >= 0.3 is 0 Å². The van der Waals surface area contributed by atoms with E-state index in [9.17, 15) is 9.59 Å². The average Bonchev–Trinajstić information content (AvgIpc) is 3.50. The highest BCUT2D eigenvalue weighted by Crippen LogP contribution is 2.50. The molecule has 1 fully saturated rings. The van der Waals surface area contributed by atoms with Gasteiger partial charge < -0.3 is 10.6 Å². The van der Waals surface area contributed by atoms with E-state index < -0.39 is 0 Å². The van der Waals surface area contributed by atoms with Crippen molar-refractivity contribution in [1.29, 1.82) is 0 Å². The molecule has 2 atom stereocenters.